The number of nitriles is 1. The molecule has 1 aliphatic rings. The van der Waals surface area contributed by atoms with Crippen LogP contribution in [0.1, 0.15) is 18.9 Å². The fraction of sp³-hybridized carbons (Fsp3) is 0.462. The third-order valence-electron chi connectivity index (χ3n) is 3.07. The molecule has 3 nitrogen and oxygen atoms in total. The summed E-state index contributed by atoms with van der Waals surface area (Å²) in [6.45, 7) is 3.72. The van der Waals surface area contributed by atoms with E-state index in [-0.39, 0.29) is 11.9 Å². The van der Waals surface area contributed by atoms with E-state index in [0.717, 1.165) is 25.2 Å². The van der Waals surface area contributed by atoms with Crippen molar-refractivity contribution in [2.24, 2.45) is 11.7 Å². The maximum absolute atomic E-state index is 13.4. The van der Waals surface area contributed by atoms with E-state index >= 15 is 0 Å². The number of benzene rings is 1. The highest BCUT2D eigenvalue weighted by atomic mass is 19.1. The van der Waals surface area contributed by atoms with Crippen molar-refractivity contribution in [3.05, 3.63) is 29.6 Å². The Balaban J connectivity index is 2.27. The van der Waals surface area contributed by atoms with Crippen LogP contribution in [0.15, 0.2) is 18.2 Å². The minimum absolute atomic E-state index is 0.118. The van der Waals surface area contributed by atoms with Crippen molar-refractivity contribution in [2.45, 2.75) is 19.4 Å². The van der Waals surface area contributed by atoms with E-state index in [9.17, 15) is 4.39 Å². The van der Waals surface area contributed by atoms with Crippen LogP contribution in [0.4, 0.5) is 10.1 Å². The van der Waals surface area contributed by atoms with Gasteiger partial charge in [0.05, 0.1) is 11.6 Å². The topological polar surface area (TPSA) is 53.0 Å². The molecule has 2 atom stereocenters. The first-order valence-corrected chi connectivity index (χ1v) is 5.79. The molecule has 0 aliphatic carbocycles. The van der Waals surface area contributed by atoms with Gasteiger partial charge in [0, 0.05) is 24.8 Å². The van der Waals surface area contributed by atoms with E-state index in [4.69, 9.17) is 11.0 Å². The third kappa shape index (κ3) is 2.75. The third-order valence-corrected chi connectivity index (χ3v) is 3.07. The summed E-state index contributed by atoms with van der Waals surface area (Å²) in [5, 5.41) is 8.83. The summed E-state index contributed by atoms with van der Waals surface area (Å²) in [6, 6.07) is 6.52. The number of hydrogen-bond acceptors (Lipinski definition) is 3. The molecule has 0 amide bonds. The van der Waals surface area contributed by atoms with Gasteiger partial charge in [-0.3, -0.25) is 0 Å². The summed E-state index contributed by atoms with van der Waals surface area (Å²) < 4.78 is 13.4. The van der Waals surface area contributed by atoms with E-state index in [0.29, 0.717) is 11.5 Å². The molecule has 1 heterocycles. The number of piperidine rings is 1. The predicted molar refractivity (Wildman–Crippen MR) is 65.1 cm³/mol. The van der Waals surface area contributed by atoms with Gasteiger partial charge in [0.15, 0.2) is 0 Å². The first-order chi connectivity index (χ1) is 8.08. The zero-order chi connectivity index (χ0) is 12.4. The molecule has 0 saturated carbocycles. The lowest BCUT2D eigenvalue weighted by Crippen LogP contribution is -2.46. The molecule has 0 radical (unpaired) electrons. The van der Waals surface area contributed by atoms with Gasteiger partial charge in [-0.15, -0.1) is 0 Å². The lowest BCUT2D eigenvalue weighted by molar-refractivity contribution is 0.401. The molecule has 2 rings (SSSR count). The van der Waals surface area contributed by atoms with Crippen molar-refractivity contribution in [3.63, 3.8) is 0 Å². The summed E-state index contributed by atoms with van der Waals surface area (Å²) in [6.07, 6.45) is 0.997. The minimum Gasteiger partial charge on any atom is -0.370 e. The van der Waals surface area contributed by atoms with Gasteiger partial charge in [-0.2, -0.15) is 5.26 Å². The van der Waals surface area contributed by atoms with E-state index in [2.05, 4.69) is 11.8 Å². The van der Waals surface area contributed by atoms with Crippen molar-refractivity contribution >= 4 is 5.69 Å². The molecule has 1 saturated heterocycles. The molecule has 0 bridgehead atoms. The Kier molecular flexibility index (Phi) is 3.30. The highest BCUT2D eigenvalue weighted by molar-refractivity contribution is 5.52. The highest BCUT2D eigenvalue weighted by Crippen LogP contribution is 2.24. The number of rotatable bonds is 1. The molecule has 1 aromatic carbocycles. The molecule has 1 fully saturated rings. The summed E-state index contributed by atoms with van der Waals surface area (Å²) in [7, 11) is 0. The van der Waals surface area contributed by atoms with E-state index in [1.54, 1.807) is 6.07 Å². The molecular formula is C13H16FN3. The van der Waals surface area contributed by atoms with Gasteiger partial charge in [-0.1, -0.05) is 6.92 Å². The van der Waals surface area contributed by atoms with Gasteiger partial charge < -0.3 is 10.6 Å². The fourth-order valence-corrected chi connectivity index (χ4v) is 2.43. The molecule has 90 valence electrons. The average molecular weight is 233 g/mol. The van der Waals surface area contributed by atoms with Gasteiger partial charge in [0.2, 0.25) is 0 Å². The zero-order valence-corrected chi connectivity index (χ0v) is 9.86. The van der Waals surface area contributed by atoms with Crippen LogP contribution in [-0.4, -0.2) is 19.1 Å². The largest absolute Gasteiger partial charge is 0.370 e. The van der Waals surface area contributed by atoms with Crippen LogP contribution in [0.25, 0.3) is 0 Å². The molecule has 2 unspecified atom stereocenters. The maximum atomic E-state index is 13.4. The standard InChI is InChI=1S/C13H16FN3/c1-9-2-12(16)8-17(7-9)13-4-10(6-15)3-11(14)5-13/h3-5,9,12H,2,7-8,16H2,1H3. The molecule has 1 aromatic rings. The minimum atomic E-state index is -0.370. The Morgan fingerprint density at radius 1 is 1.41 bits per heavy atom. The van der Waals surface area contributed by atoms with Crippen molar-refractivity contribution < 1.29 is 4.39 Å². The maximum Gasteiger partial charge on any atom is 0.126 e. The lowest BCUT2D eigenvalue weighted by atomic mass is 9.96. The molecular weight excluding hydrogens is 217 g/mol. The van der Waals surface area contributed by atoms with Gasteiger partial charge in [0.25, 0.3) is 0 Å². The molecule has 2 N–H and O–H groups in total. The number of hydrogen-bond donors (Lipinski definition) is 1. The van der Waals surface area contributed by atoms with Crippen molar-refractivity contribution in [1.82, 2.24) is 0 Å². The number of anilines is 1. The Hall–Kier alpha value is -1.60. The number of nitrogens with zero attached hydrogens (tertiary/aromatic N) is 2. The SMILES string of the molecule is CC1CC(N)CN(c2cc(F)cc(C#N)c2)C1. The lowest BCUT2D eigenvalue weighted by Gasteiger charge is -2.36. The van der Waals surface area contributed by atoms with Gasteiger partial charge in [0.1, 0.15) is 5.82 Å². The van der Waals surface area contributed by atoms with Crippen LogP contribution in [0, 0.1) is 23.1 Å². The van der Waals surface area contributed by atoms with Crippen molar-refractivity contribution in [1.29, 1.82) is 5.26 Å². The fourth-order valence-electron chi connectivity index (χ4n) is 2.43. The van der Waals surface area contributed by atoms with Crippen LogP contribution < -0.4 is 10.6 Å². The zero-order valence-electron chi connectivity index (χ0n) is 9.86. The monoisotopic (exact) mass is 233 g/mol. The smallest absolute Gasteiger partial charge is 0.126 e. The summed E-state index contributed by atoms with van der Waals surface area (Å²) in [5.74, 6) is 0.124. The molecule has 1 aliphatic heterocycles. The molecule has 0 aromatic heterocycles. The second kappa shape index (κ2) is 4.72. The van der Waals surface area contributed by atoms with Gasteiger partial charge in [-0.05, 0) is 30.5 Å². The van der Waals surface area contributed by atoms with E-state index in [1.165, 1.54) is 12.1 Å². The van der Waals surface area contributed by atoms with Crippen LogP contribution >= 0.6 is 0 Å². The molecule has 4 heteroatoms. The highest BCUT2D eigenvalue weighted by Gasteiger charge is 2.22. The van der Waals surface area contributed by atoms with E-state index in [1.807, 2.05) is 6.07 Å². The van der Waals surface area contributed by atoms with Crippen LogP contribution in [0.2, 0.25) is 0 Å². The Labute approximate surface area is 101 Å². The second-order valence-corrected chi connectivity index (χ2v) is 4.82. The van der Waals surface area contributed by atoms with Gasteiger partial charge >= 0.3 is 0 Å². The quantitative estimate of drug-likeness (QED) is 0.805. The number of nitrogens with two attached hydrogens (primary N) is 1. The molecule has 17 heavy (non-hydrogen) atoms. The Bertz CT molecular complexity index is 442. The Morgan fingerprint density at radius 3 is 2.82 bits per heavy atom. The molecule has 0 spiro atoms. The second-order valence-electron chi connectivity index (χ2n) is 4.82. The normalized spacial score (nSPS) is 24.5. The summed E-state index contributed by atoms with van der Waals surface area (Å²) in [4.78, 5) is 2.06. The van der Waals surface area contributed by atoms with Crippen LogP contribution in [0.5, 0.6) is 0 Å². The van der Waals surface area contributed by atoms with Crippen molar-refractivity contribution in [2.75, 3.05) is 18.0 Å². The summed E-state index contributed by atoms with van der Waals surface area (Å²) >= 11 is 0. The van der Waals surface area contributed by atoms with Crippen molar-refractivity contribution in [3.8, 4) is 6.07 Å². The van der Waals surface area contributed by atoms with Crippen LogP contribution in [-0.2, 0) is 0 Å². The van der Waals surface area contributed by atoms with Crippen LogP contribution in [0.3, 0.4) is 0 Å². The van der Waals surface area contributed by atoms with E-state index < -0.39 is 0 Å². The average Bonchev–Trinajstić information content (AvgIpc) is 2.26. The Morgan fingerprint density at radius 2 is 2.18 bits per heavy atom. The first kappa shape index (κ1) is 11.9. The predicted octanol–water partition coefficient (Wildman–Crippen LogP) is 1.87. The van der Waals surface area contributed by atoms with Gasteiger partial charge in [-0.25, -0.2) is 4.39 Å². The number of halogens is 1. The summed E-state index contributed by atoms with van der Waals surface area (Å²) in [5.41, 5.74) is 7.07. The first-order valence-electron chi connectivity index (χ1n) is 5.79.